The lowest BCUT2D eigenvalue weighted by Crippen LogP contribution is -2.05. The number of methoxy groups -OCH3 is 1. The van der Waals surface area contributed by atoms with E-state index in [9.17, 15) is 0 Å². The Balaban J connectivity index is 2.75. The second-order valence-corrected chi connectivity index (χ2v) is 4.46. The second kappa shape index (κ2) is 6.00. The number of halogens is 3. The number of hydrogen-bond acceptors (Lipinski definition) is 2. The van der Waals surface area contributed by atoms with Gasteiger partial charge in [0.2, 0.25) is 0 Å². The third kappa shape index (κ3) is 3.46. The third-order valence-electron chi connectivity index (χ3n) is 1.50. The van der Waals surface area contributed by atoms with E-state index in [-0.39, 0.29) is 0 Å². The molecule has 0 aliphatic rings. The molecule has 0 aromatic heterocycles. The number of rotatable bonds is 4. The minimum Gasteiger partial charge on any atom is -0.490 e. The molecule has 1 rings (SSSR count). The van der Waals surface area contributed by atoms with Gasteiger partial charge in [0.15, 0.2) is 0 Å². The number of benzene rings is 1. The van der Waals surface area contributed by atoms with E-state index in [0.29, 0.717) is 29.0 Å². The molecule has 2 nitrogen and oxygen atoms in total. The van der Waals surface area contributed by atoms with Crippen LogP contribution in [0.25, 0.3) is 0 Å². The molecule has 5 heteroatoms. The first-order valence-electron chi connectivity index (χ1n) is 3.91. The van der Waals surface area contributed by atoms with Crippen molar-refractivity contribution in [3.63, 3.8) is 0 Å². The molecule has 1 aromatic rings. The fourth-order valence-electron chi connectivity index (χ4n) is 0.872. The van der Waals surface area contributed by atoms with E-state index >= 15 is 0 Å². The van der Waals surface area contributed by atoms with Gasteiger partial charge >= 0.3 is 0 Å². The highest BCUT2D eigenvalue weighted by Gasteiger charge is 2.07. The fraction of sp³-hybridized carbons (Fsp3) is 0.333. The van der Waals surface area contributed by atoms with Gasteiger partial charge in [-0.05, 0) is 34.7 Å². The van der Waals surface area contributed by atoms with Crippen LogP contribution in [-0.4, -0.2) is 20.3 Å². The SMILES string of the molecule is COCCOc1cc(Cl)cc(Cl)c1I. The molecule has 0 saturated heterocycles. The van der Waals surface area contributed by atoms with E-state index in [1.54, 1.807) is 19.2 Å². The average Bonchev–Trinajstić information content (AvgIpc) is 2.13. The van der Waals surface area contributed by atoms with Crippen molar-refractivity contribution < 1.29 is 9.47 Å². The maximum absolute atomic E-state index is 5.93. The van der Waals surface area contributed by atoms with Crippen LogP contribution in [-0.2, 0) is 4.74 Å². The van der Waals surface area contributed by atoms with E-state index in [4.69, 9.17) is 32.7 Å². The monoisotopic (exact) mass is 346 g/mol. The zero-order valence-electron chi connectivity index (χ0n) is 7.52. The zero-order valence-corrected chi connectivity index (χ0v) is 11.2. The largest absolute Gasteiger partial charge is 0.490 e. The molecule has 0 unspecified atom stereocenters. The molecule has 0 aliphatic heterocycles. The van der Waals surface area contributed by atoms with Gasteiger partial charge in [-0.15, -0.1) is 0 Å². The lowest BCUT2D eigenvalue weighted by molar-refractivity contribution is 0.146. The Bertz CT molecular complexity index is 318. The smallest absolute Gasteiger partial charge is 0.135 e. The Hall–Kier alpha value is 0.290. The molecule has 0 spiro atoms. The van der Waals surface area contributed by atoms with Gasteiger partial charge < -0.3 is 9.47 Å². The summed E-state index contributed by atoms with van der Waals surface area (Å²) in [6.07, 6.45) is 0. The summed E-state index contributed by atoms with van der Waals surface area (Å²) in [7, 11) is 1.62. The van der Waals surface area contributed by atoms with Crippen molar-refractivity contribution in [3.05, 3.63) is 25.7 Å². The molecule has 0 N–H and O–H groups in total. The highest BCUT2D eigenvalue weighted by Crippen LogP contribution is 2.31. The van der Waals surface area contributed by atoms with Crippen molar-refractivity contribution >= 4 is 45.8 Å². The van der Waals surface area contributed by atoms with Crippen molar-refractivity contribution in [2.75, 3.05) is 20.3 Å². The van der Waals surface area contributed by atoms with Crippen LogP contribution in [0.2, 0.25) is 10.0 Å². The maximum Gasteiger partial charge on any atom is 0.135 e. The summed E-state index contributed by atoms with van der Waals surface area (Å²) in [6.45, 7) is 1.03. The molecule has 1 aromatic carbocycles. The summed E-state index contributed by atoms with van der Waals surface area (Å²) in [4.78, 5) is 0. The second-order valence-electron chi connectivity index (χ2n) is 2.54. The van der Waals surface area contributed by atoms with E-state index in [1.165, 1.54) is 0 Å². The molecule has 0 heterocycles. The van der Waals surface area contributed by atoms with Crippen LogP contribution in [0.3, 0.4) is 0 Å². The van der Waals surface area contributed by atoms with Gasteiger partial charge in [-0.2, -0.15) is 0 Å². The first-order chi connectivity index (χ1) is 6.65. The van der Waals surface area contributed by atoms with Gasteiger partial charge in [-0.1, -0.05) is 23.2 Å². The predicted octanol–water partition coefficient (Wildman–Crippen LogP) is 3.62. The van der Waals surface area contributed by atoms with Gasteiger partial charge in [-0.3, -0.25) is 0 Å². The van der Waals surface area contributed by atoms with Gasteiger partial charge in [0.1, 0.15) is 12.4 Å². The minimum absolute atomic E-state index is 0.489. The van der Waals surface area contributed by atoms with Crippen molar-refractivity contribution in [1.82, 2.24) is 0 Å². The van der Waals surface area contributed by atoms with E-state index in [1.807, 2.05) is 0 Å². The highest BCUT2D eigenvalue weighted by molar-refractivity contribution is 14.1. The maximum atomic E-state index is 5.93. The molecule has 0 atom stereocenters. The molecular formula is C9H9Cl2IO2. The Kier molecular flexibility index (Phi) is 5.30. The fourth-order valence-corrected chi connectivity index (χ4v) is 1.81. The third-order valence-corrected chi connectivity index (χ3v) is 3.45. The topological polar surface area (TPSA) is 18.5 Å². The van der Waals surface area contributed by atoms with Crippen LogP contribution in [0.5, 0.6) is 5.75 Å². The van der Waals surface area contributed by atoms with Crippen molar-refractivity contribution in [2.45, 2.75) is 0 Å². The van der Waals surface area contributed by atoms with Crippen LogP contribution < -0.4 is 4.74 Å². The Morgan fingerprint density at radius 3 is 2.64 bits per heavy atom. The van der Waals surface area contributed by atoms with Crippen molar-refractivity contribution in [2.24, 2.45) is 0 Å². The first-order valence-corrected chi connectivity index (χ1v) is 5.75. The normalized spacial score (nSPS) is 10.3. The predicted molar refractivity (Wildman–Crippen MR) is 66.6 cm³/mol. The lowest BCUT2D eigenvalue weighted by atomic mass is 10.3. The summed E-state index contributed by atoms with van der Waals surface area (Å²) in [5.74, 6) is 0.695. The van der Waals surface area contributed by atoms with E-state index in [0.717, 1.165) is 3.57 Å². The van der Waals surface area contributed by atoms with Crippen LogP contribution in [0.15, 0.2) is 12.1 Å². The molecule has 0 aliphatic carbocycles. The molecule has 0 fully saturated rings. The van der Waals surface area contributed by atoms with Gasteiger partial charge in [-0.25, -0.2) is 0 Å². The summed E-state index contributed by atoms with van der Waals surface area (Å²) < 4.78 is 11.2. The Labute approximate surface area is 107 Å². The average molecular weight is 347 g/mol. The van der Waals surface area contributed by atoms with Crippen molar-refractivity contribution in [1.29, 1.82) is 0 Å². The molecule has 14 heavy (non-hydrogen) atoms. The highest BCUT2D eigenvalue weighted by atomic mass is 127. The number of hydrogen-bond donors (Lipinski definition) is 0. The van der Waals surface area contributed by atoms with Crippen LogP contribution in [0.1, 0.15) is 0 Å². The molecule has 0 amide bonds. The first kappa shape index (κ1) is 12.4. The minimum atomic E-state index is 0.489. The van der Waals surface area contributed by atoms with Crippen LogP contribution in [0, 0.1) is 3.57 Å². The summed E-state index contributed by atoms with van der Waals surface area (Å²) in [5.41, 5.74) is 0. The molecule has 0 bridgehead atoms. The standard InChI is InChI=1S/C9H9Cl2IO2/c1-13-2-3-14-8-5-6(10)4-7(11)9(8)12/h4-5H,2-3H2,1H3. The van der Waals surface area contributed by atoms with Gasteiger partial charge in [0.05, 0.1) is 15.2 Å². The summed E-state index contributed by atoms with van der Waals surface area (Å²) in [5, 5.41) is 1.17. The van der Waals surface area contributed by atoms with Crippen LogP contribution >= 0.6 is 45.8 Å². The molecule has 78 valence electrons. The van der Waals surface area contributed by atoms with E-state index in [2.05, 4.69) is 22.6 Å². The van der Waals surface area contributed by atoms with Gasteiger partial charge in [0.25, 0.3) is 0 Å². The Morgan fingerprint density at radius 2 is 2.00 bits per heavy atom. The van der Waals surface area contributed by atoms with Crippen LogP contribution in [0.4, 0.5) is 0 Å². The molecular weight excluding hydrogens is 338 g/mol. The lowest BCUT2D eigenvalue weighted by Gasteiger charge is -2.09. The summed E-state index contributed by atoms with van der Waals surface area (Å²) in [6, 6.07) is 3.43. The molecule has 0 radical (unpaired) electrons. The van der Waals surface area contributed by atoms with Crippen molar-refractivity contribution in [3.8, 4) is 5.75 Å². The zero-order chi connectivity index (χ0) is 10.6. The quantitative estimate of drug-likeness (QED) is 0.471. The van der Waals surface area contributed by atoms with E-state index < -0.39 is 0 Å². The molecule has 0 saturated carbocycles. The Morgan fingerprint density at radius 1 is 1.29 bits per heavy atom. The number of ether oxygens (including phenoxy) is 2. The van der Waals surface area contributed by atoms with Gasteiger partial charge in [0, 0.05) is 12.1 Å². The summed E-state index contributed by atoms with van der Waals surface area (Å²) >= 11 is 13.9.